The normalized spacial score (nSPS) is 24.8. The number of hydrogen-bond acceptors (Lipinski definition) is 7. The molecule has 3 atom stereocenters. The topological polar surface area (TPSA) is 87.3 Å². The van der Waals surface area contributed by atoms with Crippen LogP contribution in [0.25, 0.3) is 0 Å². The van der Waals surface area contributed by atoms with Crippen LogP contribution in [-0.2, 0) is 20.6 Å². The molecule has 9 heteroatoms. The zero-order valence-corrected chi connectivity index (χ0v) is 20.2. The fourth-order valence-electron chi connectivity index (χ4n) is 4.60. The van der Waals surface area contributed by atoms with Crippen LogP contribution in [0.4, 0.5) is 17.1 Å². The Hall–Kier alpha value is -2.49. The molecule has 6 nitrogen and oxygen atoms in total. The molecule has 3 aliphatic heterocycles. The van der Waals surface area contributed by atoms with Crippen LogP contribution in [0.3, 0.4) is 0 Å². The van der Waals surface area contributed by atoms with E-state index in [4.69, 9.17) is 0 Å². The molecule has 0 bridgehead atoms. The van der Waals surface area contributed by atoms with Crippen LogP contribution in [0, 0.1) is 0 Å². The van der Waals surface area contributed by atoms with Crippen LogP contribution in [0.1, 0.15) is 22.4 Å². The molecule has 0 aromatic heterocycles. The van der Waals surface area contributed by atoms with Gasteiger partial charge in [0.15, 0.2) is 9.84 Å². The number of benzene rings is 3. The van der Waals surface area contributed by atoms with Gasteiger partial charge in [-0.3, -0.25) is 4.21 Å². The van der Waals surface area contributed by atoms with Crippen molar-refractivity contribution in [3.05, 3.63) is 71.8 Å². The largest absolute Gasteiger partial charge is 0.383 e. The molecule has 0 aliphatic carbocycles. The third-order valence-corrected chi connectivity index (χ3v) is 10.9. The predicted molar refractivity (Wildman–Crippen MR) is 135 cm³/mol. The number of fused-ring (bicyclic) bond motifs is 3. The van der Waals surface area contributed by atoms with Gasteiger partial charge in [0.2, 0.25) is 0 Å². The first-order chi connectivity index (χ1) is 16.0. The second-order valence-corrected chi connectivity index (χ2v) is 13.2. The third kappa shape index (κ3) is 3.82. The second kappa shape index (κ2) is 8.07. The molecule has 0 saturated heterocycles. The molecule has 0 fully saturated rings. The van der Waals surface area contributed by atoms with Gasteiger partial charge in [0, 0.05) is 23.7 Å². The molecule has 3 aliphatic rings. The van der Waals surface area contributed by atoms with Crippen molar-refractivity contribution in [1.82, 2.24) is 0 Å². The Morgan fingerprint density at radius 2 is 1.76 bits per heavy atom. The molecule has 170 valence electrons. The molecule has 3 heterocycles. The van der Waals surface area contributed by atoms with Crippen molar-refractivity contribution in [1.29, 1.82) is 0 Å². The number of thioether (sulfide) groups is 1. The lowest BCUT2D eigenvalue weighted by molar-refractivity contribution is 0.594. The lowest BCUT2D eigenvalue weighted by Gasteiger charge is -2.30. The molecular weight excluding hydrogens is 474 g/mol. The van der Waals surface area contributed by atoms with Gasteiger partial charge in [0.05, 0.1) is 54.8 Å². The predicted octanol–water partition coefficient (Wildman–Crippen LogP) is 4.42. The summed E-state index contributed by atoms with van der Waals surface area (Å²) in [6, 6.07) is 19.7. The van der Waals surface area contributed by atoms with Crippen LogP contribution < -0.4 is 16.0 Å². The van der Waals surface area contributed by atoms with E-state index in [1.54, 1.807) is 6.07 Å². The van der Waals surface area contributed by atoms with E-state index >= 15 is 0 Å². The Balaban J connectivity index is 1.26. The summed E-state index contributed by atoms with van der Waals surface area (Å²) in [5.41, 5.74) is 4.77. The summed E-state index contributed by atoms with van der Waals surface area (Å²) in [6.45, 7) is 1.24. The Bertz CT molecular complexity index is 1390. The number of nitrogens with one attached hydrogen (secondary N) is 3. The van der Waals surface area contributed by atoms with Gasteiger partial charge in [-0.05, 0) is 47.5 Å². The van der Waals surface area contributed by atoms with E-state index in [9.17, 15) is 12.6 Å². The molecule has 3 unspecified atom stereocenters. The number of para-hydroxylation sites is 1. The first-order valence-corrected chi connectivity index (χ1v) is 14.7. The minimum Gasteiger partial charge on any atom is -0.383 e. The van der Waals surface area contributed by atoms with E-state index in [1.807, 2.05) is 42.1 Å². The summed E-state index contributed by atoms with van der Waals surface area (Å²) in [7, 11) is -4.39. The lowest BCUT2D eigenvalue weighted by Crippen LogP contribution is -2.26. The standard InChI is InChI=1S/C24H23N3O3S3/c28-32-14-20(15-6-8-24-19(11-15)25-9-10-33(24,29)30)27-18-7-5-16(12-23(18)32)22-13-26-17-3-1-2-4-21(17)31-22/h1-8,11-12,20,22,25-27H,9-10,13-14H2. The van der Waals surface area contributed by atoms with Crippen molar-refractivity contribution >= 4 is 49.5 Å². The van der Waals surface area contributed by atoms with Crippen molar-refractivity contribution in [3.8, 4) is 0 Å². The van der Waals surface area contributed by atoms with Gasteiger partial charge in [0.25, 0.3) is 0 Å². The summed E-state index contributed by atoms with van der Waals surface area (Å²) in [5, 5.41) is 10.5. The smallest absolute Gasteiger partial charge is 0.182 e. The number of anilines is 3. The van der Waals surface area contributed by atoms with Crippen LogP contribution >= 0.6 is 11.8 Å². The Labute approximate surface area is 199 Å². The zero-order chi connectivity index (χ0) is 22.6. The van der Waals surface area contributed by atoms with Crippen molar-refractivity contribution in [2.75, 3.05) is 40.5 Å². The van der Waals surface area contributed by atoms with E-state index in [2.05, 4.69) is 40.2 Å². The van der Waals surface area contributed by atoms with Crippen LogP contribution in [0.5, 0.6) is 0 Å². The fraction of sp³-hybridized carbons (Fsp3) is 0.250. The SMILES string of the molecule is O=S1CC(c2ccc3c(c2)NCCS3(=O)=O)Nc2ccc(C3CNc4ccccc4S3)cc21. The maximum atomic E-state index is 13.2. The highest BCUT2D eigenvalue weighted by atomic mass is 32.2. The maximum Gasteiger partial charge on any atom is 0.182 e. The average Bonchev–Trinajstić information content (AvgIpc) is 2.83. The molecule has 0 radical (unpaired) electrons. The molecule has 0 spiro atoms. The Morgan fingerprint density at radius 3 is 2.67 bits per heavy atom. The van der Waals surface area contributed by atoms with Gasteiger partial charge in [-0.2, -0.15) is 0 Å². The number of rotatable bonds is 2. The van der Waals surface area contributed by atoms with Gasteiger partial charge in [0.1, 0.15) is 0 Å². The van der Waals surface area contributed by atoms with E-state index in [0.29, 0.717) is 22.9 Å². The minimum absolute atomic E-state index is 0.112. The zero-order valence-electron chi connectivity index (χ0n) is 17.7. The van der Waals surface area contributed by atoms with E-state index < -0.39 is 20.6 Å². The molecule has 3 aromatic rings. The Morgan fingerprint density at radius 1 is 0.909 bits per heavy atom. The van der Waals surface area contributed by atoms with E-state index in [1.165, 1.54) is 4.90 Å². The minimum atomic E-state index is -3.23. The highest BCUT2D eigenvalue weighted by Crippen LogP contribution is 2.44. The summed E-state index contributed by atoms with van der Waals surface area (Å²) in [5.74, 6) is 0.558. The molecule has 6 rings (SSSR count). The molecular formula is C24H23N3O3S3. The fourth-order valence-corrected chi connectivity index (χ4v) is 8.51. The second-order valence-electron chi connectivity index (χ2n) is 8.45. The summed E-state index contributed by atoms with van der Waals surface area (Å²) in [6.07, 6.45) is 0. The van der Waals surface area contributed by atoms with Gasteiger partial charge in [-0.1, -0.05) is 24.3 Å². The Kier molecular flexibility index (Phi) is 5.15. The highest BCUT2D eigenvalue weighted by Gasteiger charge is 2.29. The average molecular weight is 498 g/mol. The molecule has 3 aromatic carbocycles. The quantitative estimate of drug-likeness (QED) is 0.483. The summed E-state index contributed by atoms with van der Waals surface area (Å²) in [4.78, 5) is 2.41. The van der Waals surface area contributed by atoms with Gasteiger partial charge in [-0.25, -0.2) is 8.42 Å². The van der Waals surface area contributed by atoms with Gasteiger partial charge >= 0.3 is 0 Å². The van der Waals surface area contributed by atoms with Crippen LogP contribution in [-0.4, -0.2) is 37.2 Å². The number of hydrogen-bond donors (Lipinski definition) is 3. The maximum absolute atomic E-state index is 13.2. The van der Waals surface area contributed by atoms with E-state index in [-0.39, 0.29) is 17.0 Å². The molecule has 0 amide bonds. The van der Waals surface area contributed by atoms with E-state index in [0.717, 1.165) is 33.9 Å². The monoisotopic (exact) mass is 497 g/mol. The molecule has 33 heavy (non-hydrogen) atoms. The first-order valence-electron chi connectivity index (χ1n) is 10.9. The molecule has 3 N–H and O–H groups in total. The van der Waals surface area contributed by atoms with Crippen molar-refractivity contribution < 1.29 is 12.6 Å². The molecule has 0 saturated carbocycles. The van der Waals surface area contributed by atoms with Crippen molar-refractivity contribution in [2.24, 2.45) is 0 Å². The van der Waals surface area contributed by atoms with Gasteiger partial charge in [-0.15, -0.1) is 11.8 Å². The van der Waals surface area contributed by atoms with Gasteiger partial charge < -0.3 is 16.0 Å². The number of sulfone groups is 1. The summed E-state index contributed by atoms with van der Waals surface area (Å²) < 4.78 is 37.8. The highest BCUT2D eigenvalue weighted by molar-refractivity contribution is 7.99. The lowest BCUT2D eigenvalue weighted by atomic mass is 10.1. The first kappa shape index (κ1) is 21.1. The third-order valence-electron chi connectivity index (χ3n) is 6.33. The van der Waals surface area contributed by atoms with Crippen LogP contribution in [0.15, 0.2) is 75.4 Å². The summed E-state index contributed by atoms with van der Waals surface area (Å²) >= 11 is 1.83. The van der Waals surface area contributed by atoms with Crippen LogP contribution in [0.2, 0.25) is 0 Å². The van der Waals surface area contributed by atoms with Crippen molar-refractivity contribution in [2.45, 2.75) is 26.0 Å². The van der Waals surface area contributed by atoms with Crippen molar-refractivity contribution in [3.63, 3.8) is 0 Å².